The molecule has 1 saturated heterocycles. The molecule has 1 amide bonds. The molecule has 1 aromatic heterocycles. The largest absolute Gasteiger partial charge is 0.497 e. The highest BCUT2D eigenvalue weighted by atomic mass is 32.1. The highest BCUT2D eigenvalue weighted by Gasteiger charge is 2.29. The Morgan fingerprint density at radius 3 is 2.88 bits per heavy atom. The molecule has 1 fully saturated rings. The minimum absolute atomic E-state index is 0.143. The third kappa shape index (κ3) is 3.53. The van der Waals surface area contributed by atoms with E-state index in [1.54, 1.807) is 25.6 Å². The molecule has 0 spiro atoms. The SMILES string of the molecule is COc1ccc(OC)c([C@@H]2CCN(C(=O)Cc3csc(C)n3)C2)c1. The van der Waals surface area contributed by atoms with Crippen molar-refractivity contribution in [3.63, 3.8) is 0 Å². The molecule has 1 atom stereocenters. The first-order valence-electron chi connectivity index (χ1n) is 8.01. The zero-order valence-electron chi connectivity index (χ0n) is 14.2. The number of amides is 1. The van der Waals surface area contributed by atoms with Crippen molar-refractivity contribution in [2.24, 2.45) is 0 Å². The van der Waals surface area contributed by atoms with E-state index in [2.05, 4.69) is 4.98 Å². The van der Waals surface area contributed by atoms with Gasteiger partial charge in [-0.1, -0.05) is 0 Å². The molecule has 1 aliphatic rings. The number of carbonyl (C=O) groups excluding carboxylic acids is 1. The second kappa shape index (κ2) is 7.21. The second-order valence-electron chi connectivity index (χ2n) is 5.97. The van der Waals surface area contributed by atoms with E-state index in [0.717, 1.165) is 40.7 Å². The van der Waals surface area contributed by atoms with Crippen LogP contribution in [-0.4, -0.2) is 43.1 Å². The Kier molecular flexibility index (Phi) is 5.04. The zero-order valence-corrected chi connectivity index (χ0v) is 15.1. The summed E-state index contributed by atoms with van der Waals surface area (Å²) >= 11 is 1.58. The summed E-state index contributed by atoms with van der Waals surface area (Å²) in [5, 5.41) is 2.96. The summed E-state index contributed by atoms with van der Waals surface area (Å²) in [4.78, 5) is 18.8. The number of nitrogens with zero attached hydrogens (tertiary/aromatic N) is 2. The Hall–Kier alpha value is -2.08. The summed E-state index contributed by atoms with van der Waals surface area (Å²) in [6.07, 6.45) is 1.32. The Morgan fingerprint density at radius 2 is 2.21 bits per heavy atom. The molecule has 0 radical (unpaired) electrons. The molecule has 5 nitrogen and oxygen atoms in total. The van der Waals surface area contributed by atoms with E-state index in [4.69, 9.17) is 9.47 Å². The topological polar surface area (TPSA) is 51.7 Å². The van der Waals surface area contributed by atoms with E-state index in [1.807, 2.05) is 35.4 Å². The van der Waals surface area contributed by atoms with Gasteiger partial charge < -0.3 is 14.4 Å². The van der Waals surface area contributed by atoms with Crippen LogP contribution in [0, 0.1) is 6.92 Å². The molecule has 0 bridgehead atoms. The lowest BCUT2D eigenvalue weighted by atomic mass is 9.97. The van der Waals surface area contributed by atoms with Gasteiger partial charge in [-0.3, -0.25) is 4.79 Å². The Balaban J connectivity index is 1.69. The number of methoxy groups -OCH3 is 2. The van der Waals surface area contributed by atoms with Crippen LogP contribution in [0.1, 0.15) is 28.6 Å². The summed E-state index contributed by atoms with van der Waals surface area (Å²) in [5.41, 5.74) is 1.97. The van der Waals surface area contributed by atoms with E-state index in [9.17, 15) is 4.79 Å². The number of hydrogen-bond acceptors (Lipinski definition) is 5. The first-order valence-corrected chi connectivity index (χ1v) is 8.89. The molecule has 1 aromatic carbocycles. The number of benzene rings is 1. The molecule has 128 valence electrons. The summed E-state index contributed by atoms with van der Waals surface area (Å²) in [6, 6.07) is 5.84. The molecule has 6 heteroatoms. The Labute approximate surface area is 146 Å². The molecule has 1 aliphatic heterocycles. The van der Waals surface area contributed by atoms with Gasteiger partial charge >= 0.3 is 0 Å². The molecule has 24 heavy (non-hydrogen) atoms. The molecule has 0 N–H and O–H groups in total. The van der Waals surface area contributed by atoms with Gasteiger partial charge in [-0.05, 0) is 31.5 Å². The van der Waals surface area contributed by atoms with E-state index < -0.39 is 0 Å². The van der Waals surface area contributed by atoms with Crippen molar-refractivity contribution in [3.8, 4) is 11.5 Å². The highest BCUT2D eigenvalue weighted by molar-refractivity contribution is 7.09. The van der Waals surface area contributed by atoms with E-state index >= 15 is 0 Å². The molecular formula is C18H22N2O3S. The van der Waals surface area contributed by atoms with Crippen LogP contribution < -0.4 is 9.47 Å². The fourth-order valence-electron chi connectivity index (χ4n) is 3.16. The van der Waals surface area contributed by atoms with Gasteiger partial charge in [0.15, 0.2) is 0 Å². The molecule has 0 aliphatic carbocycles. The van der Waals surface area contributed by atoms with Crippen molar-refractivity contribution >= 4 is 17.2 Å². The molecule has 0 unspecified atom stereocenters. The lowest BCUT2D eigenvalue weighted by Crippen LogP contribution is -2.30. The van der Waals surface area contributed by atoms with Crippen molar-refractivity contribution in [2.45, 2.75) is 25.7 Å². The molecule has 3 rings (SSSR count). The van der Waals surface area contributed by atoms with Crippen LogP contribution in [0.3, 0.4) is 0 Å². The monoisotopic (exact) mass is 346 g/mol. The third-order valence-corrected chi connectivity index (χ3v) is 5.24. The van der Waals surface area contributed by atoms with E-state index in [-0.39, 0.29) is 11.8 Å². The highest BCUT2D eigenvalue weighted by Crippen LogP contribution is 2.36. The number of thiazole rings is 1. The van der Waals surface area contributed by atoms with Gasteiger partial charge in [0.05, 0.1) is 31.3 Å². The van der Waals surface area contributed by atoms with Crippen molar-refractivity contribution in [1.82, 2.24) is 9.88 Å². The van der Waals surface area contributed by atoms with Crippen LogP contribution in [0.15, 0.2) is 23.6 Å². The van der Waals surface area contributed by atoms with Gasteiger partial charge in [0.2, 0.25) is 5.91 Å². The van der Waals surface area contributed by atoms with Crippen molar-refractivity contribution in [2.75, 3.05) is 27.3 Å². The average Bonchev–Trinajstić information content (AvgIpc) is 3.23. The predicted molar refractivity (Wildman–Crippen MR) is 94.0 cm³/mol. The standard InChI is InChI=1S/C18H22N2O3S/c1-12-19-14(11-24-12)8-18(21)20-7-6-13(10-20)16-9-15(22-2)4-5-17(16)23-3/h4-5,9,11,13H,6-8,10H2,1-3H3/t13-/m1/s1. The average molecular weight is 346 g/mol. The Morgan fingerprint density at radius 1 is 1.38 bits per heavy atom. The lowest BCUT2D eigenvalue weighted by molar-refractivity contribution is -0.129. The number of rotatable bonds is 5. The fourth-order valence-corrected chi connectivity index (χ4v) is 3.77. The predicted octanol–water partition coefficient (Wildman–Crippen LogP) is 3.03. The van der Waals surface area contributed by atoms with Crippen molar-refractivity contribution in [1.29, 1.82) is 0 Å². The molecular weight excluding hydrogens is 324 g/mol. The van der Waals surface area contributed by atoms with Gasteiger partial charge in [0, 0.05) is 30.0 Å². The number of ether oxygens (including phenoxy) is 2. The fraction of sp³-hybridized carbons (Fsp3) is 0.444. The number of aromatic nitrogens is 1. The first-order chi connectivity index (χ1) is 11.6. The molecule has 0 saturated carbocycles. The van der Waals surface area contributed by atoms with Gasteiger partial charge in [-0.25, -0.2) is 4.98 Å². The second-order valence-corrected chi connectivity index (χ2v) is 7.03. The van der Waals surface area contributed by atoms with Gasteiger partial charge in [-0.2, -0.15) is 0 Å². The van der Waals surface area contributed by atoms with E-state index in [1.165, 1.54) is 0 Å². The number of hydrogen-bond donors (Lipinski definition) is 0. The zero-order chi connectivity index (χ0) is 17.1. The summed E-state index contributed by atoms with van der Waals surface area (Å²) in [7, 11) is 3.33. The van der Waals surface area contributed by atoms with Crippen LogP contribution in [0.2, 0.25) is 0 Å². The maximum absolute atomic E-state index is 12.5. The van der Waals surface area contributed by atoms with E-state index in [0.29, 0.717) is 13.0 Å². The maximum atomic E-state index is 12.5. The molecule has 2 heterocycles. The smallest absolute Gasteiger partial charge is 0.228 e. The summed E-state index contributed by atoms with van der Waals surface area (Å²) in [6.45, 7) is 3.44. The van der Waals surface area contributed by atoms with Crippen LogP contribution in [0.5, 0.6) is 11.5 Å². The quantitative estimate of drug-likeness (QED) is 0.835. The van der Waals surface area contributed by atoms with Crippen molar-refractivity contribution < 1.29 is 14.3 Å². The van der Waals surface area contributed by atoms with Gasteiger partial charge in [0.25, 0.3) is 0 Å². The summed E-state index contributed by atoms with van der Waals surface area (Å²) in [5.74, 6) is 2.08. The number of aryl methyl sites for hydroxylation is 1. The van der Waals surface area contributed by atoms with Crippen LogP contribution in [0.4, 0.5) is 0 Å². The van der Waals surface area contributed by atoms with Crippen LogP contribution in [0.25, 0.3) is 0 Å². The lowest BCUT2D eigenvalue weighted by Gasteiger charge is -2.18. The normalized spacial score (nSPS) is 17.1. The molecule has 2 aromatic rings. The minimum Gasteiger partial charge on any atom is -0.497 e. The third-order valence-electron chi connectivity index (χ3n) is 4.42. The Bertz CT molecular complexity index is 729. The number of carbonyl (C=O) groups is 1. The van der Waals surface area contributed by atoms with Crippen LogP contribution >= 0.6 is 11.3 Å². The summed E-state index contributed by atoms with van der Waals surface area (Å²) < 4.78 is 10.8. The minimum atomic E-state index is 0.143. The van der Waals surface area contributed by atoms with Gasteiger partial charge in [0.1, 0.15) is 11.5 Å². The number of likely N-dealkylation sites (tertiary alicyclic amines) is 1. The maximum Gasteiger partial charge on any atom is 0.228 e. The first kappa shape index (κ1) is 16.8. The van der Waals surface area contributed by atoms with Crippen LogP contribution in [-0.2, 0) is 11.2 Å². The van der Waals surface area contributed by atoms with Gasteiger partial charge in [-0.15, -0.1) is 11.3 Å². The van der Waals surface area contributed by atoms with Crippen molar-refractivity contribution in [3.05, 3.63) is 39.8 Å².